The van der Waals surface area contributed by atoms with Crippen molar-refractivity contribution in [1.29, 1.82) is 0 Å². The number of rotatable bonds is 4. The van der Waals surface area contributed by atoms with Crippen LogP contribution < -0.4 is 10.1 Å². The van der Waals surface area contributed by atoms with Gasteiger partial charge in [-0.1, -0.05) is 42.5 Å². The van der Waals surface area contributed by atoms with Crippen LogP contribution in [0.4, 0.5) is 0 Å². The highest BCUT2D eigenvalue weighted by Crippen LogP contribution is 2.20. The van der Waals surface area contributed by atoms with Crippen LogP contribution in [0.3, 0.4) is 0 Å². The van der Waals surface area contributed by atoms with Crippen molar-refractivity contribution in [2.75, 3.05) is 6.61 Å². The second-order valence-corrected chi connectivity index (χ2v) is 5.33. The third kappa shape index (κ3) is 3.63. The van der Waals surface area contributed by atoms with Gasteiger partial charge in [0.25, 0.3) is 5.91 Å². The molecule has 108 valence electrons. The minimum atomic E-state index is -0.0697. The summed E-state index contributed by atoms with van der Waals surface area (Å²) in [7, 11) is 0. The average molecular weight is 281 g/mol. The normalized spacial score (nSPS) is 17.6. The first kappa shape index (κ1) is 13.7. The molecular weight excluding hydrogens is 262 g/mol. The molecule has 1 aliphatic rings. The summed E-state index contributed by atoms with van der Waals surface area (Å²) in [5.41, 5.74) is 0. The molecule has 0 radical (unpaired) electrons. The Kier molecular flexibility index (Phi) is 4.20. The van der Waals surface area contributed by atoms with Crippen LogP contribution in [0, 0.1) is 0 Å². The number of allylic oxidation sites excluding steroid dienone is 1. The Hall–Kier alpha value is -2.29. The van der Waals surface area contributed by atoms with E-state index in [-0.39, 0.29) is 18.6 Å². The monoisotopic (exact) mass is 281 g/mol. The molecule has 0 bridgehead atoms. The molecule has 3 heteroatoms. The summed E-state index contributed by atoms with van der Waals surface area (Å²) < 4.78 is 5.58. The molecule has 0 heterocycles. The standard InChI is InChI=1S/C18H19NO2/c20-18(19-16-8-2-1-3-9-16)13-21-17-11-10-14-6-4-5-7-15(14)12-17/h2,4-8,10-12,16H,1,3,9,13H2,(H,19,20). The van der Waals surface area contributed by atoms with Gasteiger partial charge in [-0.3, -0.25) is 4.79 Å². The third-order valence-corrected chi connectivity index (χ3v) is 3.69. The fraction of sp³-hybridized carbons (Fsp3) is 0.278. The second-order valence-electron chi connectivity index (χ2n) is 5.33. The first-order valence-corrected chi connectivity index (χ1v) is 7.39. The van der Waals surface area contributed by atoms with Crippen molar-refractivity contribution in [3.63, 3.8) is 0 Å². The first-order chi connectivity index (χ1) is 10.3. The van der Waals surface area contributed by atoms with Crippen LogP contribution in [0.1, 0.15) is 19.3 Å². The zero-order chi connectivity index (χ0) is 14.5. The predicted molar refractivity (Wildman–Crippen MR) is 84.4 cm³/mol. The van der Waals surface area contributed by atoms with Gasteiger partial charge in [-0.05, 0) is 42.2 Å². The summed E-state index contributed by atoms with van der Waals surface area (Å²) in [6.45, 7) is 0.0582. The highest BCUT2D eigenvalue weighted by molar-refractivity contribution is 5.84. The molecule has 0 saturated heterocycles. The van der Waals surface area contributed by atoms with Crippen molar-refractivity contribution in [2.24, 2.45) is 0 Å². The van der Waals surface area contributed by atoms with Crippen molar-refractivity contribution in [1.82, 2.24) is 5.32 Å². The van der Waals surface area contributed by atoms with Gasteiger partial charge < -0.3 is 10.1 Å². The summed E-state index contributed by atoms with van der Waals surface area (Å²) >= 11 is 0. The Bertz CT molecular complexity index is 663. The quantitative estimate of drug-likeness (QED) is 0.872. The lowest BCUT2D eigenvalue weighted by atomic mass is 10.0. The van der Waals surface area contributed by atoms with Gasteiger partial charge in [-0.2, -0.15) is 0 Å². The van der Waals surface area contributed by atoms with Crippen LogP contribution in [-0.2, 0) is 4.79 Å². The smallest absolute Gasteiger partial charge is 0.258 e. The van der Waals surface area contributed by atoms with E-state index < -0.39 is 0 Å². The van der Waals surface area contributed by atoms with Gasteiger partial charge in [0, 0.05) is 6.04 Å². The molecule has 0 aromatic heterocycles. The van der Waals surface area contributed by atoms with Crippen LogP contribution in [0.15, 0.2) is 54.6 Å². The molecule has 0 spiro atoms. The van der Waals surface area contributed by atoms with Crippen LogP contribution in [-0.4, -0.2) is 18.6 Å². The number of hydrogen-bond donors (Lipinski definition) is 1. The number of hydrogen-bond acceptors (Lipinski definition) is 2. The summed E-state index contributed by atoms with van der Waals surface area (Å²) in [5, 5.41) is 5.26. The molecule has 2 aromatic carbocycles. The Morgan fingerprint density at radius 2 is 2.05 bits per heavy atom. The minimum absolute atomic E-state index is 0.0582. The maximum atomic E-state index is 11.9. The summed E-state index contributed by atoms with van der Waals surface area (Å²) in [4.78, 5) is 11.9. The molecule has 1 unspecified atom stereocenters. The van der Waals surface area contributed by atoms with E-state index in [2.05, 4.69) is 23.5 Å². The molecular formula is C18H19NO2. The molecule has 3 rings (SSSR count). The number of amides is 1. The lowest BCUT2D eigenvalue weighted by Gasteiger charge is -2.18. The molecule has 1 N–H and O–H groups in total. The minimum Gasteiger partial charge on any atom is -0.484 e. The Morgan fingerprint density at radius 1 is 1.19 bits per heavy atom. The van der Waals surface area contributed by atoms with Gasteiger partial charge in [-0.25, -0.2) is 0 Å². The third-order valence-electron chi connectivity index (χ3n) is 3.69. The molecule has 0 saturated carbocycles. The van der Waals surface area contributed by atoms with Gasteiger partial charge in [0.15, 0.2) is 6.61 Å². The highest BCUT2D eigenvalue weighted by atomic mass is 16.5. The van der Waals surface area contributed by atoms with Gasteiger partial charge in [0.1, 0.15) is 5.75 Å². The van der Waals surface area contributed by atoms with Crippen molar-refractivity contribution in [3.05, 3.63) is 54.6 Å². The van der Waals surface area contributed by atoms with E-state index in [1.165, 1.54) is 5.39 Å². The van der Waals surface area contributed by atoms with Gasteiger partial charge >= 0.3 is 0 Å². The largest absolute Gasteiger partial charge is 0.484 e. The molecule has 1 amide bonds. The predicted octanol–water partition coefficient (Wildman–Crippen LogP) is 3.44. The average Bonchev–Trinajstić information content (AvgIpc) is 2.54. The van der Waals surface area contributed by atoms with Crippen molar-refractivity contribution in [2.45, 2.75) is 25.3 Å². The SMILES string of the molecule is O=C(COc1ccc2ccccc2c1)NC1C=CCCC1. The maximum absolute atomic E-state index is 11.9. The number of carbonyl (C=O) groups excluding carboxylic acids is 1. The summed E-state index contributed by atoms with van der Waals surface area (Å²) in [6.07, 6.45) is 7.45. The summed E-state index contributed by atoms with van der Waals surface area (Å²) in [6, 6.07) is 14.1. The Labute approximate surface area is 124 Å². The number of fused-ring (bicyclic) bond motifs is 1. The van der Waals surface area contributed by atoms with Crippen LogP contribution in [0.25, 0.3) is 10.8 Å². The summed E-state index contributed by atoms with van der Waals surface area (Å²) in [5.74, 6) is 0.655. The second kappa shape index (κ2) is 6.44. The number of carbonyl (C=O) groups is 1. The van der Waals surface area contributed by atoms with E-state index in [1.807, 2.05) is 36.4 Å². The molecule has 1 aliphatic carbocycles. The number of nitrogens with one attached hydrogen (secondary N) is 1. The lowest BCUT2D eigenvalue weighted by Crippen LogP contribution is -2.37. The molecule has 0 aliphatic heterocycles. The molecule has 1 atom stereocenters. The zero-order valence-corrected chi connectivity index (χ0v) is 11.9. The van der Waals surface area contributed by atoms with E-state index in [9.17, 15) is 4.79 Å². The fourth-order valence-electron chi connectivity index (χ4n) is 2.59. The van der Waals surface area contributed by atoms with E-state index in [0.29, 0.717) is 0 Å². The first-order valence-electron chi connectivity index (χ1n) is 7.39. The van der Waals surface area contributed by atoms with E-state index in [4.69, 9.17) is 4.74 Å². The molecule has 0 fully saturated rings. The lowest BCUT2D eigenvalue weighted by molar-refractivity contribution is -0.123. The van der Waals surface area contributed by atoms with Gasteiger partial charge in [-0.15, -0.1) is 0 Å². The van der Waals surface area contributed by atoms with E-state index in [1.54, 1.807) is 0 Å². The molecule has 3 nitrogen and oxygen atoms in total. The Morgan fingerprint density at radius 3 is 2.86 bits per heavy atom. The van der Waals surface area contributed by atoms with Crippen LogP contribution >= 0.6 is 0 Å². The van der Waals surface area contributed by atoms with Crippen LogP contribution in [0.5, 0.6) is 5.75 Å². The van der Waals surface area contributed by atoms with Crippen molar-refractivity contribution >= 4 is 16.7 Å². The Balaban J connectivity index is 1.56. The fourth-order valence-corrected chi connectivity index (χ4v) is 2.59. The number of ether oxygens (including phenoxy) is 1. The number of benzene rings is 2. The van der Waals surface area contributed by atoms with E-state index >= 15 is 0 Å². The van der Waals surface area contributed by atoms with Crippen molar-refractivity contribution < 1.29 is 9.53 Å². The maximum Gasteiger partial charge on any atom is 0.258 e. The topological polar surface area (TPSA) is 38.3 Å². The zero-order valence-electron chi connectivity index (χ0n) is 11.9. The van der Waals surface area contributed by atoms with Crippen molar-refractivity contribution in [3.8, 4) is 5.75 Å². The van der Waals surface area contributed by atoms with E-state index in [0.717, 1.165) is 30.4 Å². The molecule has 2 aromatic rings. The highest BCUT2D eigenvalue weighted by Gasteiger charge is 2.11. The van der Waals surface area contributed by atoms with Gasteiger partial charge in [0.2, 0.25) is 0 Å². The van der Waals surface area contributed by atoms with Crippen LogP contribution in [0.2, 0.25) is 0 Å². The molecule has 21 heavy (non-hydrogen) atoms. The van der Waals surface area contributed by atoms with Gasteiger partial charge in [0.05, 0.1) is 0 Å².